The smallest absolute Gasteiger partial charge is 0.208 e. The van der Waals surface area contributed by atoms with Gasteiger partial charge in [0.05, 0.1) is 23.5 Å². The average Bonchev–Trinajstić information content (AvgIpc) is 3.06. The number of anilines is 1. The van der Waals surface area contributed by atoms with E-state index in [9.17, 15) is 12.8 Å². The molecule has 0 atom stereocenters. The fourth-order valence-corrected chi connectivity index (χ4v) is 4.21. The summed E-state index contributed by atoms with van der Waals surface area (Å²) in [5.41, 5.74) is 1.36. The van der Waals surface area contributed by atoms with E-state index in [1.807, 2.05) is 0 Å². The summed E-state index contributed by atoms with van der Waals surface area (Å²) in [4.78, 5) is 10.9. The zero-order valence-corrected chi connectivity index (χ0v) is 15.5. The van der Waals surface area contributed by atoms with Crippen LogP contribution in [0.25, 0.3) is 16.7 Å². The summed E-state index contributed by atoms with van der Waals surface area (Å²) in [6, 6.07) is 5.99. The Kier molecular flexibility index (Phi) is 4.52. The van der Waals surface area contributed by atoms with E-state index in [0.717, 1.165) is 11.2 Å². The quantitative estimate of drug-likeness (QED) is 0.725. The number of nitrogens with one attached hydrogen (secondary N) is 1. The van der Waals surface area contributed by atoms with Crippen molar-refractivity contribution in [3.8, 4) is 5.69 Å². The second-order valence-corrected chi connectivity index (χ2v) is 8.40. The fraction of sp³-hybridized carbons (Fsp3) is 0.353. The Morgan fingerprint density at radius 1 is 1.15 bits per heavy atom. The van der Waals surface area contributed by atoms with E-state index >= 15 is 0 Å². The first-order valence-corrected chi connectivity index (χ1v) is 10.5. The molecule has 10 heteroatoms. The molecule has 4 rings (SSSR count). The van der Waals surface area contributed by atoms with Crippen molar-refractivity contribution in [3.05, 3.63) is 42.6 Å². The van der Waals surface area contributed by atoms with Gasteiger partial charge in [-0.15, -0.1) is 0 Å². The van der Waals surface area contributed by atoms with Gasteiger partial charge in [0.15, 0.2) is 5.65 Å². The summed E-state index contributed by atoms with van der Waals surface area (Å²) in [7, 11) is -3.21. The maximum atomic E-state index is 13.2. The van der Waals surface area contributed by atoms with Crippen LogP contribution in [-0.4, -0.2) is 53.6 Å². The number of nitrogens with zero attached hydrogens (tertiary/aromatic N) is 5. The molecule has 1 fully saturated rings. The van der Waals surface area contributed by atoms with Gasteiger partial charge in [-0.3, -0.25) is 0 Å². The third-order valence-corrected chi connectivity index (χ3v) is 5.35. The zero-order chi connectivity index (χ0) is 19.0. The summed E-state index contributed by atoms with van der Waals surface area (Å²) in [5, 5.41) is 5.19. The molecule has 0 aliphatic carbocycles. The second-order valence-electron chi connectivity index (χ2n) is 6.62. The van der Waals surface area contributed by atoms with Gasteiger partial charge in [0.25, 0.3) is 0 Å². The molecule has 1 aliphatic heterocycles. The van der Waals surface area contributed by atoms with Crippen molar-refractivity contribution in [2.45, 2.75) is 18.9 Å². The highest BCUT2D eigenvalue weighted by atomic mass is 32.2. The van der Waals surface area contributed by atoms with E-state index in [0.29, 0.717) is 37.3 Å². The number of sulfonamides is 1. The number of fused-ring (bicyclic) bond motifs is 1. The van der Waals surface area contributed by atoms with E-state index in [1.54, 1.807) is 23.0 Å². The second kappa shape index (κ2) is 6.86. The van der Waals surface area contributed by atoms with E-state index in [1.165, 1.54) is 24.7 Å². The Hall–Kier alpha value is -2.59. The van der Waals surface area contributed by atoms with E-state index in [4.69, 9.17) is 0 Å². The van der Waals surface area contributed by atoms with E-state index in [2.05, 4.69) is 24.7 Å². The molecule has 27 heavy (non-hydrogen) atoms. The molecule has 0 bridgehead atoms. The molecule has 8 nitrogen and oxygen atoms in total. The van der Waals surface area contributed by atoms with Crippen molar-refractivity contribution in [1.29, 1.82) is 0 Å². The molecule has 0 spiro atoms. The fourth-order valence-electron chi connectivity index (χ4n) is 3.37. The number of hydrogen-bond donors (Lipinski definition) is 1. The Labute approximate surface area is 156 Å². The van der Waals surface area contributed by atoms with Crippen molar-refractivity contribution in [1.82, 2.24) is 24.5 Å². The minimum atomic E-state index is -3.21. The SMILES string of the molecule is CS(=O)(=O)NC1CCN(c2ncnc3c2cnn3-c2ccc(F)cc2)CC1. The third kappa shape index (κ3) is 3.76. The topological polar surface area (TPSA) is 93.0 Å². The summed E-state index contributed by atoms with van der Waals surface area (Å²) in [6.07, 6.45) is 5.77. The zero-order valence-electron chi connectivity index (χ0n) is 14.7. The van der Waals surface area contributed by atoms with Crippen LogP contribution in [0.15, 0.2) is 36.8 Å². The predicted octanol–water partition coefficient (Wildman–Crippen LogP) is 1.47. The van der Waals surface area contributed by atoms with Crippen LogP contribution in [-0.2, 0) is 10.0 Å². The monoisotopic (exact) mass is 390 g/mol. The summed E-state index contributed by atoms with van der Waals surface area (Å²) in [5.74, 6) is 0.460. The van der Waals surface area contributed by atoms with Gasteiger partial charge < -0.3 is 4.90 Å². The molecule has 0 unspecified atom stereocenters. The normalized spacial score (nSPS) is 16.1. The molecule has 0 amide bonds. The van der Waals surface area contributed by atoms with Crippen LogP contribution in [0.1, 0.15) is 12.8 Å². The highest BCUT2D eigenvalue weighted by Gasteiger charge is 2.24. The Morgan fingerprint density at radius 2 is 1.85 bits per heavy atom. The van der Waals surface area contributed by atoms with Crippen molar-refractivity contribution in [2.75, 3.05) is 24.2 Å². The van der Waals surface area contributed by atoms with Gasteiger partial charge in [-0.25, -0.2) is 32.2 Å². The highest BCUT2D eigenvalue weighted by molar-refractivity contribution is 7.88. The third-order valence-electron chi connectivity index (χ3n) is 4.59. The van der Waals surface area contributed by atoms with Crippen LogP contribution >= 0.6 is 0 Å². The molecule has 3 aromatic rings. The minimum absolute atomic E-state index is 0.0597. The summed E-state index contributed by atoms with van der Waals surface area (Å²) in [6.45, 7) is 1.36. The van der Waals surface area contributed by atoms with Gasteiger partial charge in [-0.2, -0.15) is 5.10 Å². The molecule has 1 aliphatic rings. The first kappa shape index (κ1) is 17.8. The van der Waals surface area contributed by atoms with Crippen LogP contribution in [0.5, 0.6) is 0 Å². The number of benzene rings is 1. The molecule has 1 saturated heterocycles. The number of aromatic nitrogens is 4. The standard InChI is InChI=1S/C17H19FN6O2S/c1-27(25,26)22-13-6-8-23(9-7-13)16-15-10-21-24(17(15)20-11-19-16)14-4-2-12(18)3-5-14/h2-5,10-11,13,22H,6-9H2,1H3. The number of halogens is 1. The van der Waals surface area contributed by atoms with Crippen LogP contribution in [0.3, 0.4) is 0 Å². The Bertz CT molecular complexity index is 1060. The van der Waals surface area contributed by atoms with Crippen LogP contribution < -0.4 is 9.62 Å². The number of piperidine rings is 1. The Morgan fingerprint density at radius 3 is 2.52 bits per heavy atom. The maximum absolute atomic E-state index is 13.2. The predicted molar refractivity (Wildman–Crippen MR) is 99.8 cm³/mol. The van der Waals surface area contributed by atoms with Gasteiger partial charge >= 0.3 is 0 Å². The maximum Gasteiger partial charge on any atom is 0.208 e. The molecule has 0 saturated carbocycles. The molecule has 142 valence electrons. The largest absolute Gasteiger partial charge is 0.356 e. The highest BCUT2D eigenvalue weighted by Crippen LogP contribution is 2.27. The van der Waals surface area contributed by atoms with Gasteiger partial charge in [0, 0.05) is 19.1 Å². The van der Waals surface area contributed by atoms with Crippen LogP contribution in [0.2, 0.25) is 0 Å². The molecule has 3 heterocycles. The van der Waals surface area contributed by atoms with Gasteiger partial charge in [-0.05, 0) is 37.1 Å². The van der Waals surface area contributed by atoms with E-state index < -0.39 is 10.0 Å². The van der Waals surface area contributed by atoms with Gasteiger partial charge in [0.1, 0.15) is 18.0 Å². The molecule has 1 aromatic carbocycles. The lowest BCUT2D eigenvalue weighted by molar-refractivity contribution is 0.460. The van der Waals surface area contributed by atoms with Crippen molar-refractivity contribution >= 4 is 26.9 Å². The first-order valence-electron chi connectivity index (χ1n) is 8.57. The van der Waals surface area contributed by atoms with Crippen LogP contribution in [0.4, 0.5) is 10.2 Å². The van der Waals surface area contributed by atoms with Gasteiger partial charge in [-0.1, -0.05) is 0 Å². The molecule has 1 N–H and O–H groups in total. The lowest BCUT2D eigenvalue weighted by Crippen LogP contribution is -2.44. The van der Waals surface area contributed by atoms with Crippen molar-refractivity contribution in [3.63, 3.8) is 0 Å². The van der Waals surface area contributed by atoms with Gasteiger partial charge in [0.2, 0.25) is 10.0 Å². The summed E-state index contributed by atoms with van der Waals surface area (Å²) < 4.78 is 40.3. The lowest BCUT2D eigenvalue weighted by Gasteiger charge is -2.32. The minimum Gasteiger partial charge on any atom is -0.356 e. The molecule has 0 radical (unpaired) electrons. The number of rotatable bonds is 4. The summed E-state index contributed by atoms with van der Waals surface area (Å²) >= 11 is 0. The van der Waals surface area contributed by atoms with Crippen LogP contribution in [0, 0.1) is 5.82 Å². The number of hydrogen-bond acceptors (Lipinski definition) is 6. The van der Waals surface area contributed by atoms with E-state index in [-0.39, 0.29) is 11.9 Å². The molecule has 2 aromatic heterocycles. The lowest BCUT2D eigenvalue weighted by atomic mass is 10.1. The molecular formula is C17H19FN6O2S. The first-order chi connectivity index (χ1) is 12.9. The Balaban J connectivity index is 1.60. The molecular weight excluding hydrogens is 371 g/mol. The van der Waals surface area contributed by atoms with Crippen molar-refractivity contribution < 1.29 is 12.8 Å². The van der Waals surface area contributed by atoms with Crippen molar-refractivity contribution in [2.24, 2.45) is 0 Å². The average molecular weight is 390 g/mol.